The van der Waals surface area contributed by atoms with Gasteiger partial charge in [0.05, 0.1) is 5.60 Å². The lowest BCUT2D eigenvalue weighted by molar-refractivity contribution is 0.0554. The molecule has 1 heterocycles. The Bertz CT molecular complexity index is 735. The number of H-pyrrole nitrogens is 1. The van der Waals surface area contributed by atoms with E-state index in [4.69, 9.17) is 5.73 Å². The van der Waals surface area contributed by atoms with Crippen LogP contribution in [0.15, 0.2) is 29.3 Å². The molecule has 0 amide bonds. The highest BCUT2D eigenvalue weighted by atomic mass is 32.2. The van der Waals surface area contributed by atoms with Gasteiger partial charge < -0.3 is 15.8 Å². The Kier molecular flexibility index (Phi) is 4.27. The van der Waals surface area contributed by atoms with Crippen LogP contribution in [0, 0.1) is 0 Å². The van der Waals surface area contributed by atoms with E-state index in [0.29, 0.717) is 23.0 Å². The summed E-state index contributed by atoms with van der Waals surface area (Å²) in [5.41, 5.74) is 5.84. The largest absolute Gasteiger partial charge is 0.399 e. The van der Waals surface area contributed by atoms with E-state index in [1.165, 1.54) is 6.20 Å². The maximum absolute atomic E-state index is 12.4. The number of aliphatic hydroxyl groups is 1. The molecule has 2 rings (SSSR count). The van der Waals surface area contributed by atoms with Gasteiger partial charge in [0.1, 0.15) is 4.90 Å². The summed E-state index contributed by atoms with van der Waals surface area (Å²) in [6.45, 7) is 3.52. The number of hydrogen-bond donors (Lipinski definition) is 4. The Balaban J connectivity index is 2.28. The van der Waals surface area contributed by atoms with Crippen LogP contribution in [0.2, 0.25) is 0 Å². The predicted molar refractivity (Wildman–Crippen MR) is 83.4 cm³/mol. The smallest absolute Gasteiger partial charge is 0.242 e. The van der Waals surface area contributed by atoms with Gasteiger partial charge in [-0.1, -0.05) is 13.3 Å². The molecule has 0 aliphatic heterocycles. The number of benzene rings is 1. The van der Waals surface area contributed by atoms with Crippen molar-refractivity contribution in [3.8, 4) is 0 Å². The number of anilines is 1. The molecule has 5 N–H and O–H groups in total. The van der Waals surface area contributed by atoms with Gasteiger partial charge in [-0.25, -0.2) is 13.1 Å². The summed E-state index contributed by atoms with van der Waals surface area (Å²) in [4.78, 5) is 3.04. The third-order valence-electron chi connectivity index (χ3n) is 3.39. The number of hydrogen-bond acceptors (Lipinski definition) is 4. The first kappa shape index (κ1) is 15.8. The van der Waals surface area contributed by atoms with E-state index in [1.807, 2.05) is 6.92 Å². The first-order valence-corrected chi connectivity index (χ1v) is 8.32. The SMILES string of the molecule is CCCC(C)(O)CNS(=O)(=O)c1c[nH]c2ccc(N)cc12. The Morgan fingerprint density at radius 3 is 2.81 bits per heavy atom. The fraction of sp³-hybridized carbons (Fsp3) is 0.429. The average molecular weight is 311 g/mol. The van der Waals surface area contributed by atoms with Crippen molar-refractivity contribution < 1.29 is 13.5 Å². The van der Waals surface area contributed by atoms with Crippen LogP contribution in [-0.2, 0) is 10.0 Å². The molecule has 1 aromatic heterocycles. The molecule has 2 aromatic rings. The van der Waals surface area contributed by atoms with Crippen LogP contribution >= 0.6 is 0 Å². The lowest BCUT2D eigenvalue weighted by Gasteiger charge is -2.22. The zero-order valence-corrected chi connectivity index (χ0v) is 13.0. The first-order chi connectivity index (χ1) is 9.75. The van der Waals surface area contributed by atoms with E-state index in [9.17, 15) is 13.5 Å². The minimum absolute atomic E-state index is 0.0296. The van der Waals surface area contributed by atoms with Gasteiger partial charge in [0.15, 0.2) is 0 Å². The summed E-state index contributed by atoms with van der Waals surface area (Å²) in [6, 6.07) is 5.05. The Hall–Kier alpha value is -1.57. The van der Waals surface area contributed by atoms with Crippen LogP contribution in [0.1, 0.15) is 26.7 Å². The zero-order valence-electron chi connectivity index (χ0n) is 12.2. The summed E-state index contributed by atoms with van der Waals surface area (Å²) in [5.74, 6) is 0. The van der Waals surface area contributed by atoms with Crippen LogP contribution in [-0.4, -0.2) is 30.7 Å². The van der Waals surface area contributed by atoms with Crippen LogP contribution in [0.5, 0.6) is 0 Å². The molecule has 21 heavy (non-hydrogen) atoms. The summed E-state index contributed by atoms with van der Waals surface area (Å²) < 4.78 is 27.2. The molecule has 116 valence electrons. The molecule has 0 aliphatic rings. The molecule has 1 aromatic carbocycles. The molecule has 0 spiro atoms. The van der Waals surface area contributed by atoms with E-state index < -0.39 is 15.6 Å². The van der Waals surface area contributed by atoms with Crippen molar-refractivity contribution in [3.63, 3.8) is 0 Å². The van der Waals surface area contributed by atoms with Gasteiger partial charge in [-0.2, -0.15) is 0 Å². The maximum atomic E-state index is 12.4. The molecule has 0 bridgehead atoms. The molecule has 1 unspecified atom stereocenters. The number of nitrogens with two attached hydrogens (primary N) is 1. The Labute approximate surface area is 124 Å². The second kappa shape index (κ2) is 5.67. The van der Waals surface area contributed by atoms with Crippen LogP contribution in [0.25, 0.3) is 10.9 Å². The average Bonchev–Trinajstić information content (AvgIpc) is 2.80. The lowest BCUT2D eigenvalue weighted by atomic mass is 10.0. The number of aromatic amines is 1. The molecule has 0 aliphatic carbocycles. The van der Waals surface area contributed by atoms with E-state index in [0.717, 1.165) is 6.42 Å². The maximum Gasteiger partial charge on any atom is 0.242 e. The fourth-order valence-corrected chi connectivity index (χ4v) is 3.62. The second-order valence-corrected chi connectivity index (χ2v) is 7.26. The third-order valence-corrected chi connectivity index (χ3v) is 4.83. The van der Waals surface area contributed by atoms with Crippen molar-refractivity contribution in [1.82, 2.24) is 9.71 Å². The van der Waals surface area contributed by atoms with Gasteiger partial charge in [0, 0.05) is 29.3 Å². The van der Waals surface area contributed by atoms with Gasteiger partial charge in [-0.05, 0) is 31.5 Å². The number of aromatic nitrogens is 1. The fourth-order valence-electron chi connectivity index (χ4n) is 2.29. The van der Waals surface area contributed by atoms with Gasteiger partial charge in [-0.3, -0.25) is 0 Å². The Morgan fingerprint density at radius 2 is 2.14 bits per heavy atom. The summed E-state index contributed by atoms with van der Waals surface area (Å²) in [5, 5.41) is 10.6. The summed E-state index contributed by atoms with van der Waals surface area (Å²) in [6.07, 6.45) is 2.73. The van der Waals surface area contributed by atoms with Crippen LogP contribution in [0.4, 0.5) is 5.69 Å². The van der Waals surface area contributed by atoms with Gasteiger partial charge >= 0.3 is 0 Å². The number of nitrogens with one attached hydrogen (secondary N) is 2. The summed E-state index contributed by atoms with van der Waals surface area (Å²) in [7, 11) is -3.71. The highest BCUT2D eigenvalue weighted by Gasteiger charge is 2.25. The number of nitrogen functional groups attached to an aromatic ring is 1. The second-order valence-electron chi connectivity index (χ2n) is 5.53. The molecule has 7 heteroatoms. The minimum Gasteiger partial charge on any atom is -0.399 e. The highest BCUT2D eigenvalue weighted by Crippen LogP contribution is 2.25. The normalized spacial score (nSPS) is 15.2. The molecule has 0 saturated heterocycles. The quantitative estimate of drug-likeness (QED) is 0.607. The monoisotopic (exact) mass is 311 g/mol. The van der Waals surface area contributed by atoms with Crippen LogP contribution < -0.4 is 10.5 Å². The van der Waals surface area contributed by atoms with E-state index in [-0.39, 0.29) is 11.4 Å². The van der Waals surface area contributed by atoms with Crippen molar-refractivity contribution in [3.05, 3.63) is 24.4 Å². The van der Waals surface area contributed by atoms with Crippen LogP contribution in [0.3, 0.4) is 0 Å². The number of rotatable bonds is 6. The first-order valence-electron chi connectivity index (χ1n) is 6.84. The standard InChI is InChI=1S/C14H21N3O3S/c1-3-6-14(2,18)9-17-21(19,20)13-8-16-12-5-4-10(15)7-11(12)13/h4-5,7-8,16-18H,3,6,9,15H2,1-2H3. The predicted octanol–water partition coefficient (Wildman–Crippen LogP) is 1.58. The third kappa shape index (κ3) is 3.55. The van der Waals surface area contributed by atoms with Gasteiger partial charge in [-0.15, -0.1) is 0 Å². The van der Waals surface area contributed by atoms with E-state index in [2.05, 4.69) is 9.71 Å². The number of sulfonamides is 1. The summed E-state index contributed by atoms with van der Waals surface area (Å²) >= 11 is 0. The molecular weight excluding hydrogens is 290 g/mol. The molecule has 0 saturated carbocycles. The Morgan fingerprint density at radius 1 is 1.43 bits per heavy atom. The van der Waals surface area contributed by atoms with Crippen molar-refractivity contribution in [2.75, 3.05) is 12.3 Å². The van der Waals surface area contributed by atoms with Crippen molar-refractivity contribution >= 4 is 26.6 Å². The number of fused-ring (bicyclic) bond motifs is 1. The molecular formula is C14H21N3O3S. The van der Waals surface area contributed by atoms with E-state index >= 15 is 0 Å². The van der Waals surface area contributed by atoms with E-state index in [1.54, 1.807) is 25.1 Å². The van der Waals surface area contributed by atoms with Gasteiger partial charge in [0.2, 0.25) is 10.0 Å². The molecule has 0 radical (unpaired) electrons. The topological polar surface area (TPSA) is 108 Å². The molecule has 6 nitrogen and oxygen atoms in total. The zero-order chi connectivity index (χ0) is 15.7. The molecule has 1 atom stereocenters. The minimum atomic E-state index is -3.71. The van der Waals surface area contributed by atoms with Gasteiger partial charge in [0.25, 0.3) is 0 Å². The molecule has 0 fully saturated rings. The van der Waals surface area contributed by atoms with Crippen molar-refractivity contribution in [1.29, 1.82) is 0 Å². The van der Waals surface area contributed by atoms with Crippen molar-refractivity contribution in [2.45, 2.75) is 37.2 Å². The highest BCUT2D eigenvalue weighted by molar-refractivity contribution is 7.89. The van der Waals surface area contributed by atoms with Crippen molar-refractivity contribution in [2.24, 2.45) is 0 Å². The lowest BCUT2D eigenvalue weighted by Crippen LogP contribution is -2.40.